The fraction of sp³-hybridized carbons (Fsp3) is 0.0625. The normalized spacial score (nSPS) is 10.7. The summed E-state index contributed by atoms with van der Waals surface area (Å²) < 4.78 is 5.65. The van der Waals surface area contributed by atoms with Gasteiger partial charge in [0.2, 0.25) is 0 Å². The average molecular weight is 289 g/mol. The van der Waals surface area contributed by atoms with Crippen LogP contribution in [0.25, 0.3) is 6.08 Å². The zero-order valence-corrected chi connectivity index (χ0v) is 11.4. The molecule has 102 valence electrons. The molecular formula is C16H13ClO3. The molecule has 0 heterocycles. The number of carboxylic acid groups (broad SMARTS) is 1. The zero-order chi connectivity index (χ0) is 14.4. The molecule has 0 bridgehead atoms. The lowest BCUT2D eigenvalue weighted by atomic mass is 10.2. The molecule has 0 aromatic heterocycles. The van der Waals surface area contributed by atoms with Gasteiger partial charge in [0.15, 0.2) is 0 Å². The molecule has 0 unspecified atom stereocenters. The Morgan fingerprint density at radius 2 is 1.95 bits per heavy atom. The summed E-state index contributed by atoms with van der Waals surface area (Å²) in [4.78, 5) is 10.5. The molecule has 0 radical (unpaired) electrons. The van der Waals surface area contributed by atoms with E-state index in [4.69, 9.17) is 21.4 Å². The fourth-order valence-corrected chi connectivity index (χ4v) is 1.75. The molecule has 0 fully saturated rings. The predicted octanol–water partition coefficient (Wildman–Crippen LogP) is 4.02. The first-order valence-corrected chi connectivity index (χ1v) is 6.39. The van der Waals surface area contributed by atoms with Gasteiger partial charge in [-0.1, -0.05) is 35.9 Å². The highest BCUT2D eigenvalue weighted by Gasteiger charge is 1.98. The molecule has 1 N–H and O–H groups in total. The molecule has 0 atom stereocenters. The van der Waals surface area contributed by atoms with Gasteiger partial charge in [-0.3, -0.25) is 0 Å². The Morgan fingerprint density at radius 3 is 2.65 bits per heavy atom. The van der Waals surface area contributed by atoms with Gasteiger partial charge in [0.25, 0.3) is 0 Å². The van der Waals surface area contributed by atoms with Gasteiger partial charge in [0.05, 0.1) is 0 Å². The Balaban J connectivity index is 2.01. The monoisotopic (exact) mass is 288 g/mol. The van der Waals surface area contributed by atoms with Crippen LogP contribution in [0.15, 0.2) is 54.6 Å². The van der Waals surface area contributed by atoms with Crippen LogP contribution in [0.3, 0.4) is 0 Å². The number of carbonyl (C=O) groups is 1. The summed E-state index contributed by atoms with van der Waals surface area (Å²) in [5, 5.41) is 9.28. The van der Waals surface area contributed by atoms with E-state index in [1.165, 1.54) is 6.08 Å². The van der Waals surface area contributed by atoms with Crippen molar-refractivity contribution in [3.63, 3.8) is 0 Å². The predicted molar refractivity (Wildman–Crippen MR) is 78.9 cm³/mol. The number of carboxylic acids is 1. The van der Waals surface area contributed by atoms with E-state index in [1.54, 1.807) is 6.07 Å². The van der Waals surface area contributed by atoms with Gasteiger partial charge in [-0.15, -0.1) is 0 Å². The van der Waals surface area contributed by atoms with Crippen LogP contribution in [0.5, 0.6) is 5.75 Å². The Hall–Kier alpha value is -2.26. The minimum Gasteiger partial charge on any atom is -0.489 e. The molecule has 2 aromatic rings. The largest absolute Gasteiger partial charge is 0.489 e. The van der Waals surface area contributed by atoms with Gasteiger partial charge in [-0.2, -0.15) is 0 Å². The molecule has 0 aliphatic rings. The summed E-state index contributed by atoms with van der Waals surface area (Å²) in [6, 6.07) is 14.7. The quantitative estimate of drug-likeness (QED) is 0.845. The number of hydrogen-bond donors (Lipinski definition) is 1. The van der Waals surface area contributed by atoms with Crippen molar-refractivity contribution in [2.45, 2.75) is 6.61 Å². The van der Waals surface area contributed by atoms with Gasteiger partial charge in [-0.05, 0) is 41.5 Å². The van der Waals surface area contributed by atoms with Crippen LogP contribution in [-0.2, 0) is 11.4 Å². The number of rotatable bonds is 5. The minimum absolute atomic E-state index is 0.434. The standard InChI is InChI=1S/C16H13ClO3/c17-14-7-4-13(5-8-14)11-20-15-3-1-2-12(10-15)6-9-16(18)19/h1-10H,11H2,(H,18,19)/b9-6+. The summed E-state index contributed by atoms with van der Waals surface area (Å²) in [6.45, 7) is 0.434. The molecule has 20 heavy (non-hydrogen) atoms. The van der Waals surface area contributed by atoms with E-state index >= 15 is 0 Å². The van der Waals surface area contributed by atoms with E-state index in [0.717, 1.165) is 17.2 Å². The highest BCUT2D eigenvalue weighted by Crippen LogP contribution is 2.17. The van der Waals surface area contributed by atoms with Crippen molar-refractivity contribution in [2.24, 2.45) is 0 Å². The van der Waals surface area contributed by atoms with Crippen molar-refractivity contribution < 1.29 is 14.6 Å². The van der Waals surface area contributed by atoms with Crippen LogP contribution in [-0.4, -0.2) is 11.1 Å². The molecule has 0 saturated heterocycles. The van der Waals surface area contributed by atoms with Crippen LogP contribution in [0.4, 0.5) is 0 Å². The van der Waals surface area contributed by atoms with Gasteiger partial charge in [0.1, 0.15) is 12.4 Å². The summed E-state index contributed by atoms with van der Waals surface area (Å²) in [6.07, 6.45) is 2.62. The van der Waals surface area contributed by atoms with Crippen LogP contribution in [0, 0.1) is 0 Å². The average Bonchev–Trinajstić information content (AvgIpc) is 2.45. The third-order valence-electron chi connectivity index (χ3n) is 2.60. The smallest absolute Gasteiger partial charge is 0.328 e. The zero-order valence-electron chi connectivity index (χ0n) is 10.6. The maximum Gasteiger partial charge on any atom is 0.328 e. The van der Waals surface area contributed by atoms with Crippen molar-refractivity contribution in [3.8, 4) is 5.75 Å². The van der Waals surface area contributed by atoms with Crippen molar-refractivity contribution in [3.05, 3.63) is 70.8 Å². The van der Waals surface area contributed by atoms with Gasteiger partial charge in [0, 0.05) is 11.1 Å². The van der Waals surface area contributed by atoms with Crippen LogP contribution < -0.4 is 4.74 Å². The molecule has 0 spiro atoms. The van der Waals surface area contributed by atoms with E-state index in [9.17, 15) is 4.79 Å². The van der Waals surface area contributed by atoms with Crippen LogP contribution >= 0.6 is 11.6 Å². The maximum atomic E-state index is 10.5. The van der Waals surface area contributed by atoms with Gasteiger partial charge in [-0.25, -0.2) is 4.79 Å². The lowest BCUT2D eigenvalue weighted by Crippen LogP contribution is -1.95. The third-order valence-corrected chi connectivity index (χ3v) is 2.85. The van der Waals surface area contributed by atoms with E-state index < -0.39 is 5.97 Å². The van der Waals surface area contributed by atoms with E-state index in [0.29, 0.717) is 17.4 Å². The first kappa shape index (κ1) is 14.2. The summed E-state index contributed by atoms with van der Waals surface area (Å²) >= 11 is 5.81. The molecule has 0 aliphatic carbocycles. The number of ether oxygens (including phenoxy) is 1. The molecular weight excluding hydrogens is 276 g/mol. The Bertz CT molecular complexity index is 618. The highest BCUT2D eigenvalue weighted by molar-refractivity contribution is 6.30. The lowest BCUT2D eigenvalue weighted by molar-refractivity contribution is -0.131. The molecule has 3 nitrogen and oxygen atoms in total. The Kier molecular flexibility index (Phi) is 4.80. The molecule has 2 rings (SSSR count). The van der Waals surface area contributed by atoms with Crippen molar-refractivity contribution >= 4 is 23.6 Å². The molecule has 0 amide bonds. The minimum atomic E-state index is -0.975. The summed E-state index contributed by atoms with van der Waals surface area (Å²) in [5.41, 5.74) is 1.79. The fourth-order valence-electron chi connectivity index (χ4n) is 1.62. The lowest BCUT2D eigenvalue weighted by Gasteiger charge is -2.07. The van der Waals surface area contributed by atoms with Gasteiger partial charge >= 0.3 is 5.97 Å². The van der Waals surface area contributed by atoms with Crippen molar-refractivity contribution in [1.29, 1.82) is 0 Å². The second-order valence-corrected chi connectivity index (χ2v) is 4.60. The Morgan fingerprint density at radius 1 is 1.20 bits per heavy atom. The number of hydrogen-bond acceptors (Lipinski definition) is 2. The van der Waals surface area contributed by atoms with E-state index in [2.05, 4.69) is 0 Å². The molecule has 2 aromatic carbocycles. The summed E-state index contributed by atoms with van der Waals surface area (Å²) in [5.74, 6) is -0.287. The van der Waals surface area contributed by atoms with Crippen LogP contribution in [0.1, 0.15) is 11.1 Å². The van der Waals surface area contributed by atoms with Crippen molar-refractivity contribution in [2.75, 3.05) is 0 Å². The summed E-state index contributed by atoms with van der Waals surface area (Å²) in [7, 11) is 0. The molecule has 0 aliphatic heterocycles. The number of aliphatic carboxylic acids is 1. The molecule has 4 heteroatoms. The topological polar surface area (TPSA) is 46.5 Å². The Labute approximate surface area is 122 Å². The first-order valence-electron chi connectivity index (χ1n) is 6.02. The maximum absolute atomic E-state index is 10.5. The van der Waals surface area contributed by atoms with Crippen LogP contribution in [0.2, 0.25) is 5.02 Å². The van der Waals surface area contributed by atoms with Crippen molar-refractivity contribution in [1.82, 2.24) is 0 Å². The number of benzene rings is 2. The first-order chi connectivity index (χ1) is 9.63. The second kappa shape index (κ2) is 6.78. The molecule has 0 saturated carbocycles. The third kappa shape index (κ3) is 4.44. The SMILES string of the molecule is O=C(O)/C=C/c1cccc(OCc2ccc(Cl)cc2)c1. The van der Waals surface area contributed by atoms with E-state index in [1.807, 2.05) is 42.5 Å². The highest BCUT2D eigenvalue weighted by atomic mass is 35.5. The van der Waals surface area contributed by atoms with Gasteiger partial charge < -0.3 is 9.84 Å². The van der Waals surface area contributed by atoms with E-state index in [-0.39, 0.29) is 0 Å². The second-order valence-electron chi connectivity index (χ2n) is 4.16. The number of halogens is 1.